The third-order valence-electron chi connectivity index (χ3n) is 3.40. The largest absolute Gasteiger partial charge is 0.325 e. The van der Waals surface area contributed by atoms with Crippen LogP contribution in [0.5, 0.6) is 0 Å². The average molecular weight is 359 g/mol. The van der Waals surface area contributed by atoms with Crippen molar-refractivity contribution in [2.24, 2.45) is 0 Å². The van der Waals surface area contributed by atoms with Crippen LogP contribution in [0.15, 0.2) is 66.1 Å². The predicted molar refractivity (Wildman–Crippen MR) is 93.5 cm³/mol. The second-order valence-corrected chi connectivity index (χ2v) is 6.25. The van der Waals surface area contributed by atoms with Crippen molar-refractivity contribution in [3.05, 3.63) is 78.1 Å². The van der Waals surface area contributed by atoms with E-state index in [0.29, 0.717) is 17.4 Å². The Kier molecular flexibility index (Phi) is 5.45. The number of halogens is 2. The molecule has 3 rings (SSSR count). The lowest BCUT2D eigenvalue weighted by atomic mass is 10.2. The fraction of sp³-hybridized carbons (Fsp3) is 0.111. The molecule has 0 spiro atoms. The van der Waals surface area contributed by atoms with Gasteiger partial charge in [0, 0.05) is 24.6 Å². The molecule has 1 amide bonds. The summed E-state index contributed by atoms with van der Waals surface area (Å²) in [4.78, 5) is 16.2. The Morgan fingerprint density at radius 2 is 1.68 bits per heavy atom. The first-order valence-electron chi connectivity index (χ1n) is 7.54. The van der Waals surface area contributed by atoms with Gasteiger partial charge in [0.1, 0.15) is 11.6 Å². The molecule has 0 saturated heterocycles. The molecule has 0 aliphatic heterocycles. The molecule has 128 valence electrons. The van der Waals surface area contributed by atoms with Crippen molar-refractivity contribution in [1.29, 1.82) is 0 Å². The van der Waals surface area contributed by atoms with E-state index in [9.17, 15) is 13.6 Å². The Morgan fingerprint density at radius 1 is 1.04 bits per heavy atom. The molecule has 25 heavy (non-hydrogen) atoms. The monoisotopic (exact) mass is 359 g/mol. The number of aromatic nitrogens is 2. The van der Waals surface area contributed by atoms with Crippen LogP contribution in [-0.2, 0) is 11.3 Å². The number of benzene rings is 2. The Hall–Kier alpha value is -2.67. The van der Waals surface area contributed by atoms with Crippen LogP contribution in [0.4, 0.5) is 14.5 Å². The van der Waals surface area contributed by atoms with Gasteiger partial charge in [0.15, 0.2) is 5.16 Å². The molecule has 0 aliphatic carbocycles. The Labute approximate surface area is 147 Å². The molecule has 2 aromatic carbocycles. The molecule has 1 N–H and O–H groups in total. The van der Waals surface area contributed by atoms with Crippen molar-refractivity contribution < 1.29 is 13.6 Å². The van der Waals surface area contributed by atoms with Gasteiger partial charge in [-0.05, 0) is 42.0 Å². The maximum Gasteiger partial charge on any atom is 0.234 e. The van der Waals surface area contributed by atoms with Crippen LogP contribution in [0.3, 0.4) is 0 Å². The second-order valence-electron chi connectivity index (χ2n) is 5.31. The smallest absolute Gasteiger partial charge is 0.234 e. The highest BCUT2D eigenvalue weighted by Gasteiger charge is 2.09. The predicted octanol–water partition coefficient (Wildman–Crippen LogP) is 3.94. The van der Waals surface area contributed by atoms with Gasteiger partial charge in [-0.3, -0.25) is 4.79 Å². The first kappa shape index (κ1) is 17.2. The number of amides is 1. The van der Waals surface area contributed by atoms with Crippen molar-refractivity contribution in [2.45, 2.75) is 11.7 Å². The van der Waals surface area contributed by atoms with E-state index in [2.05, 4.69) is 10.3 Å². The van der Waals surface area contributed by atoms with Crippen LogP contribution in [0.25, 0.3) is 0 Å². The molecule has 0 radical (unpaired) electrons. The normalized spacial score (nSPS) is 10.6. The maximum absolute atomic E-state index is 13.0. The molecule has 0 saturated carbocycles. The number of imidazole rings is 1. The van der Waals surface area contributed by atoms with Crippen LogP contribution in [-0.4, -0.2) is 21.2 Å². The first-order chi connectivity index (χ1) is 12.1. The average Bonchev–Trinajstić information content (AvgIpc) is 3.04. The van der Waals surface area contributed by atoms with Crippen molar-refractivity contribution in [2.75, 3.05) is 11.1 Å². The van der Waals surface area contributed by atoms with Gasteiger partial charge in [-0.2, -0.15) is 0 Å². The summed E-state index contributed by atoms with van der Waals surface area (Å²) in [5.74, 6) is -0.651. The van der Waals surface area contributed by atoms with E-state index in [1.807, 2.05) is 10.8 Å². The lowest BCUT2D eigenvalue weighted by Gasteiger charge is -2.08. The van der Waals surface area contributed by atoms with Crippen molar-refractivity contribution in [3.8, 4) is 0 Å². The van der Waals surface area contributed by atoms with Crippen molar-refractivity contribution in [1.82, 2.24) is 9.55 Å². The summed E-state index contributed by atoms with van der Waals surface area (Å²) in [6.07, 6.45) is 3.47. The molecule has 0 unspecified atom stereocenters. The molecular formula is C18H15F2N3OS. The zero-order valence-corrected chi connectivity index (χ0v) is 14.0. The summed E-state index contributed by atoms with van der Waals surface area (Å²) in [7, 11) is 0. The number of nitrogens with zero attached hydrogens (tertiary/aromatic N) is 2. The Bertz CT molecular complexity index is 848. The lowest BCUT2D eigenvalue weighted by Crippen LogP contribution is -2.14. The summed E-state index contributed by atoms with van der Waals surface area (Å²) in [6, 6.07) is 11.8. The van der Waals surface area contributed by atoms with Gasteiger partial charge in [-0.25, -0.2) is 13.8 Å². The summed E-state index contributed by atoms with van der Waals surface area (Å²) < 4.78 is 27.7. The van der Waals surface area contributed by atoms with E-state index in [4.69, 9.17) is 0 Å². The SMILES string of the molecule is O=C(CSc1nccn1Cc1ccc(F)cc1)Nc1ccc(F)cc1. The van der Waals surface area contributed by atoms with Gasteiger partial charge in [0.2, 0.25) is 5.91 Å². The molecule has 0 atom stereocenters. The van der Waals surface area contributed by atoms with Crippen LogP contribution in [0, 0.1) is 11.6 Å². The molecule has 1 aromatic heterocycles. The fourth-order valence-corrected chi connectivity index (χ4v) is 2.96. The van der Waals surface area contributed by atoms with Gasteiger partial charge in [0.05, 0.1) is 5.75 Å². The van der Waals surface area contributed by atoms with Gasteiger partial charge < -0.3 is 9.88 Å². The zero-order valence-electron chi connectivity index (χ0n) is 13.2. The highest BCUT2D eigenvalue weighted by molar-refractivity contribution is 7.99. The molecular weight excluding hydrogens is 344 g/mol. The lowest BCUT2D eigenvalue weighted by molar-refractivity contribution is -0.113. The molecule has 0 bridgehead atoms. The van der Waals surface area contributed by atoms with Crippen LogP contribution in [0.2, 0.25) is 0 Å². The third-order valence-corrected chi connectivity index (χ3v) is 4.41. The molecule has 1 heterocycles. The number of nitrogens with one attached hydrogen (secondary N) is 1. The second kappa shape index (κ2) is 7.94. The molecule has 4 nitrogen and oxygen atoms in total. The number of carbonyl (C=O) groups excluding carboxylic acids is 1. The van der Waals surface area contributed by atoms with E-state index in [1.54, 1.807) is 18.3 Å². The Morgan fingerprint density at radius 3 is 2.36 bits per heavy atom. The number of anilines is 1. The third kappa shape index (κ3) is 4.90. The van der Waals surface area contributed by atoms with Crippen LogP contribution < -0.4 is 5.32 Å². The minimum Gasteiger partial charge on any atom is -0.325 e. The van der Waals surface area contributed by atoms with E-state index < -0.39 is 0 Å². The summed E-state index contributed by atoms with van der Waals surface area (Å²) in [5, 5.41) is 3.39. The number of carbonyl (C=O) groups is 1. The molecule has 0 fully saturated rings. The number of rotatable bonds is 6. The van der Waals surface area contributed by atoms with Gasteiger partial charge in [0.25, 0.3) is 0 Å². The zero-order chi connectivity index (χ0) is 17.6. The number of hydrogen-bond acceptors (Lipinski definition) is 3. The van der Waals surface area contributed by atoms with Crippen LogP contribution in [0.1, 0.15) is 5.56 Å². The van der Waals surface area contributed by atoms with Crippen molar-refractivity contribution >= 4 is 23.4 Å². The maximum atomic E-state index is 13.0. The van der Waals surface area contributed by atoms with Gasteiger partial charge in [-0.1, -0.05) is 23.9 Å². The topological polar surface area (TPSA) is 46.9 Å². The minimum atomic E-state index is -0.352. The van der Waals surface area contributed by atoms with Crippen LogP contribution >= 0.6 is 11.8 Å². The minimum absolute atomic E-state index is 0.178. The number of hydrogen-bond donors (Lipinski definition) is 1. The van der Waals surface area contributed by atoms with E-state index >= 15 is 0 Å². The fourth-order valence-electron chi connectivity index (χ4n) is 2.20. The highest BCUT2D eigenvalue weighted by atomic mass is 32.2. The summed E-state index contributed by atoms with van der Waals surface area (Å²) in [6.45, 7) is 0.544. The van der Waals surface area contributed by atoms with E-state index in [1.165, 1.54) is 48.2 Å². The summed E-state index contributed by atoms with van der Waals surface area (Å²) >= 11 is 1.30. The van der Waals surface area contributed by atoms with Crippen molar-refractivity contribution in [3.63, 3.8) is 0 Å². The molecule has 3 aromatic rings. The van der Waals surface area contributed by atoms with Gasteiger partial charge in [-0.15, -0.1) is 0 Å². The highest BCUT2D eigenvalue weighted by Crippen LogP contribution is 2.18. The number of thioether (sulfide) groups is 1. The quantitative estimate of drug-likeness (QED) is 0.678. The van der Waals surface area contributed by atoms with E-state index in [0.717, 1.165) is 5.56 Å². The summed E-state index contributed by atoms with van der Waals surface area (Å²) in [5.41, 5.74) is 1.48. The molecule has 7 heteroatoms. The standard InChI is InChI=1S/C18H15F2N3OS/c19-14-3-1-13(2-4-14)11-23-10-9-21-18(23)25-12-17(24)22-16-7-5-15(20)6-8-16/h1-10H,11-12H2,(H,22,24). The van der Waals surface area contributed by atoms with E-state index in [-0.39, 0.29) is 23.3 Å². The van der Waals surface area contributed by atoms with Gasteiger partial charge >= 0.3 is 0 Å². The first-order valence-corrected chi connectivity index (χ1v) is 8.52. The molecule has 0 aliphatic rings. The Balaban J connectivity index is 1.56.